The highest BCUT2D eigenvalue weighted by Crippen LogP contribution is 2.34. The van der Waals surface area contributed by atoms with Crippen molar-refractivity contribution in [3.63, 3.8) is 0 Å². The first kappa shape index (κ1) is 12.5. The van der Waals surface area contributed by atoms with Gasteiger partial charge in [0.15, 0.2) is 0 Å². The molecule has 2 aromatic rings. The predicted molar refractivity (Wildman–Crippen MR) is 81.2 cm³/mol. The number of halogens is 1. The molecule has 1 aliphatic heterocycles. The summed E-state index contributed by atoms with van der Waals surface area (Å²) in [6, 6.07) is 2.56. The molecule has 96 valence electrons. The molecule has 2 aromatic heterocycles. The van der Waals surface area contributed by atoms with Gasteiger partial charge in [0, 0.05) is 23.6 Å². The Morgan fingerprint density at radius 2 is 2.22 bits per heavy atom. The highest BCUT2D eigenvalue weighted by Gasteiger charge is 2.28. The lowest BCUT2D eigenvalue weighted by Crippen LogP contribution is -2.45. The van der Waals surface area contributed by atoms with E-state index in [1.807, 2.05) is 17.1 Å². The Bertz CT molecular complexity index is 571. The fourth-order valence-corrected chi connectivity index (χ4v) is 4.34. The van der Waals surface area contributed by atoms with Crippen molar-refractivity contribution in [2.45, 2.75) is 25.1 Å². The van der Waals surface area contributed by atoms with Crippen LogP contribution in [0, 0.1) is 0 Å². The summed E-state index contributed by atoms with van der Waals surface area (Å²) >= 11 is 9.67. The molecule has 3 heterocycles. The normalized spacial score (nSPS) is 24.7. The Morgan fingerprint density at radius 1 is 1.39 bits per heavy atom. The number of thioether (sulfide) groups is 1. The van der Waals surface area contributed by atoms with Gasteiger partial charge < -0.3 is 4.90 Å². The molecule has 0 radical (unpaired) electrons. The van der Waals surface area contributed by atoms with E-state index in [2.05, 4.69) is 34.8 Å². The molecule has 6 heteroatoms. The summed E-state index contributed by atoms with van der Waals surface area (Å²) in [6.07, 6.45) is 0. The van der Waals surface area contributed by atoms with Gasteiger partial charge in [-0.25, -0.2) is 4.98 Å². The average Bonchev–Trinajstić information content (AvgIpc) is 2.79. The molecular weight excluding hydrogens is 286 g/mol. The second kappa shape index (κ2) is 4.87. The molecule has 0 spiro atoms. The van der Waals surface area contributed by atoms with Crippen LogP contribution in [0.2, 0.25) is 5.28 Å². The van der Waals surface area contributed by atoms with Crippen LogP contribution < -0.4 is 4.90 Å². The fourth-order valence-electron chi connectivity index (χ4n) is 2.27. The van der Waals surface area contributed by atoms with E-state index in [9.17, 15) is 0 Å². The minimum absolute atomic E-state index is 0.345. The van der Waals surface area contributed by atoms with Crippen molar-refractivity contribution in [2.24, 2.45) is 0 Å². The van der Waals surface area contributed by atoms with Crippen molar-refractivity contribution in [1.82, 2.24) is 9.97 Å². The molecule has 18 heavy (non-hydrogen) atoms. The lowest BCUT2D eigenvalue weighted by molar-refractivity contribution is 0.622. The molecule has 3 nitrogen and oxygen atoms in total. The van der Waals surface area contributed by atoms with Crippen LogP contribution in [0.4, 0.5) is 5.82 Å². The first-order valence-electron chi connectivity index (χ1n) is 5.96. The van der Waals surface area contributed by atoms with Gasteiger partial charge >= 0.3 is 0 Å². The van der Waals surface area contributed by atoms with Gasteiger partial charge in [-0.15, -0.1) is 11.3 Å². The molecule has 0 saturated carbocycles. The van der Waals surface area contributed by atoms with Crippen LogP contribution in [0.25, 0.3) is 10.2 Å². The predicted octanol–water partition coefficient (Wildman–Crippen LogP) is 3.67. The maximum atomic E-state index is 6.04. The third-order valence-corrected chi connectivity index (χ3v) is 5.75. The fraction of sp³-hybridized carbons (Fsp3) is 0.500. The van der Waals surface area contributed by atoms with Gasteiger partial charge in [0.25, 0.3) is 0 Å². The van der Waals surface area contributed by atoms with Crippen molar-refractivity contribution >= 4 is 50.7 Å². The van der Waals surface area contributed by atoms with Crippen LogP contribution in [0.1, 0.15) is 13.8 Å². The van der Waals surface area contributed by atoms with Gasteiger partial charge in [0.05, 0.1) is 5.39 Å². The van der Waals surface area contributed by atoms with E-state index in [0.717, 1.165) is 28.3 Å². The third kappa shape index (κ3) is 2.08. The number of nitrogens with zero attached hydrogens (tertiary/aromatic N) is 3. The second-order valence-electron chi connectivity index (χ2n) is 4.47. The standard InChI is InChI=1S/C12H14ClN3S2/c1-7-8(2)17-6-4-16(7)10-9-3-5-18-11(9)15-12(13)14-10/h3,5,7-8H,4,6H2,1-2H3. The monoisotopic (exact) mass is 299 g/mol. The van der Waals surface area contributed by atoms with E-state index in [1.54, 1.807) is 11.3 Å². The lowest BCUT2D eigenvalue weighted by atomic mass is 10.2. The first-order chi connectivity index (χ1) is 8.66. The first-order valence-corrected chi connectivity index (χ1v) is 8.26. The van der Waals surface area contributed by atoms with Crippen LogP contribution in [-0.4, -0.2) is 33.6 Å². The second-order valence-corrected chi connectivity index (χ2v) is 7.18. The van der Waals surface area contributed by atoms with Gasteiger partial charge in [-0.1, -0.05) is 6.92 Å². The number of aromatic nitrogens is 2. The Labute approximate surface area is 120 Å². The molecule has 2 unspecified atom stereocenters. The quantitative estimate of drug-likeness (QED) is 0.751. The minimum atomic E-state index is 0.345. The zero-order valence-corrected chi connectivity index (χ0v) is 12.6. The summed E-state index contributed by atoms with van der Waals surface area (Å²) in [6.45, 7) is 5.55. The van der Waals surface area contributed by atoms with E-state index in [0.29, 0.717) is 16.6 Å². The molecule has 0 amide bonds. The number of anilines is 1. The Hall–Kier alpha value is -0.520. The van der Waals surface area contributed by atoms with Crippen LogP contribution in [-0.2, 0) is 0 Å². The summed E-state index contributed by atoms with van der Waals surface area (Å²) in [5, 5.41) is 4.13. The maximum absolute atomic E-state index is 6.04. The smallest absolute Gasteiger partial charge is 0.225 e. The van der Waals surface area contributed by atoms with Gasteiger partial charge in [0.1, 0.15) is 10.6 Å². The number of hydrogen-bond acceptors (Lipinski definition) is 5. The number of thiophene rings is 1. The van der Waals surface area contributed by atoms with Crippen molar-refractivity contribution in [3.05, 3.63) is 16.7 Å². The highest BCUT2D eigenvalue weighted by molar-refractivity contribution is 8.00. The molecule has 1 aliphatic rings. The van der Waals surface area contributed by atoms with Crippen LogP contribution in [0.15, 0.2) is 11.4 Å². The van der Waals surface area contributed by atoms with E-state index >= 15 is 0 Å². The van der Waals surface area contributed by atoms with Crippen molar-refractivity contribution in [1.29, 1.82) is 0 Å². The van der Waals surface area contributed by atoms with Crippen molar-refractivity contribution in [3.8, 4) is 0 Å². The Morgan fingerprint density at radius 3 is 3.06 bits per heavy atom. The van der Waals surface area contributed by atoms with Crippen LogP contribution in [0.5, 0.6) is 0 Å². The zero-order valence-electron chi connectivity index (χ0n) is 10.3. The largest absolute Gasteiger partial charge is 0.351 e. The average molecular weight is 300 g/mol. The van der Waals surface area contributed by atoms with E-state index in [1.165, 1.54) is 0 Å². The Kier molecular flexibility index (Phi) is 3.38. The molecule has 0 aromatic carbocycles. The summed E-state index contributed by atoms with van der Waals surface area (Å²) in [4.78, 5) is 12.1. The number of fused-ring (bicyclic) bond motifs is 1. The van der Waals surface area contributed by atoms with Crippen LogP contribution in [0.3, 0.4) is 0 Å². The summed E-state index contributed by atoms with van der Waals surface area (Å²) in [5.41, 5.74) is 0. The highest BCUT2D eigenvalue weighted by atomic mass is 35.5. The number of rotatable bonds is 1. The lowest BCUT2D eigenvalue weighted by Gasteiger charge is -2.38. The SMILES string of the molecule is CC1SCCN(c2nc(Cl)nc3sccc23)C1C. The van der Waals surface area contributed by atoms with Gasteiger partial charge in [-0.3, -0.25) is 0 Å². The van der Waals surface area contributed by atoms with Crippen molar-refractivity contribution in [2.75, 3.05) is 17.2 Å². The van der Waals surface area contributed by atoms with Crippen molar-refractivity contribution < 1.29 is 0 Å². The molecule has 0 aliphatic carbocycles. The summed E-state index contributed by atoms with van der Waals surface area (Å²) in [5.74, 6) is 2.13. The molecular formula is C12H14ClN3S2. The molecule has 2 atom stereocenters. The minimum Gasteiger partial charge on any atom is -0.351 e. The van der Waals surface area contributed by atoms with E-state index < -0.39 is 0 Å². The summed E-state index contributed by atoms with van der Waals surface area (Å²) < 4.78 is 0. The van der Waals surface area contributed by atoms with E-state index in [-0.39, 0.29) is 0 Å². The molecule has 1 saturated heterocycles. The summed E-state index contributed by atoms with van der Waals surface area (Å²) in [7, 11) is 0. The van der Waals surface area contributed by atoms with Gasteiger partial charge in [0.2, 0.25) is 5.28 Å². The molecule has 3 rings (SSSR count). The number of hydrogen-bond donors (Lipinski definition) is 0. The zero-order chi connectivity index (χ0) is 12.7. The van der Waals surface area contributed by atoms with Gasteiger partial charge in [-0.05, 0) is 30.0 Å². The third-order valence-electron chi connectivity index (χ3n) is 3.43. The Balaban J connectivity index is 2.10. The van der Waals surface area contributed by atoms with E-state index in [4.69, 9.17) is 11.6 Å². The van der Waals surface area contributed by atoms with Gasteiger partial charge in [-0.2, -0.15) is 16.7 Å². The molecule has 1 fully saturated rings. The molecule has 0 N–H and O–H groups in total. The van der Waals surface area contributed by atoms with Crippen LogP contribution >= 0.6 is 34.7 Å². The maximum Gasteiger partial charge on any atom is 0.225 e. The molecule has 0 bridgehead atoms. The topological polar surface area (TPSA) is 29.0 Å².